The van der Waals surface area contributed by atoms with E-state index in [0.717, 1.165) is 24.9 Å². The third-order valence-electron chi connectivity index (χ3n) is 3.46. The molecule has 1 aliphatic heterocycles. The zero-order valence-corrected chi connectivity index (χ0v) is 13.6. The van der Waals surface area contributed by atoms with Gasteiger partial charge in [0.2, 0.25) is 5.91 Å². The molecule has 1 aromatic rings. The van der Waals surface area contributed by atoms with Crippen LogP contribution in [0.3, 0.4) is 0 Å². The molecule has 0 bridgehead atoms. The van der Waals surface area contributed by atoms with Gasteiger partial charge in [-0.3, -0.25) is 4.79 Å². The van der Waals surface area contributed by atoms with Crippen molar-refractivity contribution in [2.24, 2.45) is 5.92 Å². The third-order valence-corrected chi connectivity index (χ3v) is 4.05. The van der Waals surface area contributed by atoms with Crippen molar-refractivity contribution in [3.8, 4) is 0 Å². The lowest BCUT2D eigenvalue weighted by molar-refractivity contribution is -0.126. The fourth-order valence-corrected chi connectivity index (χ4v) is 2.84. The molecule has 0 spiro atoms. The van der Waals surface area contributed by atoms with Crippen molar-refractivity contribution in [3.63, 3.8) is 0 Å². The summed E-state index contributed by atoms with van der Waals surface area (Å²) in [4.78, 5) is 12.1. The van der Waals surface area contributed by atoms with Crippen molar-refractivity contribution in [2.75, 3.05) is 6.54 Å². The van der Waals surface area contributed by atoms with E-state index in [4.69, 9.17) is 23.2 Å². The van der Waals surface area contributed by atoms with E-state index in [1.54, 1.807) is 12.1 Å². The van der Waals surface area contributed by atoms with E-state index < -0.39 is 0 Å². The Kier molecular flexibility index (Phi) is 7.10. The summed E-state index contributed by atoms with van der Waals surface area (Å²) >= 11 is 11.9. The predicted molar refractivity (Wildman–Crippen MR) is 85.7 cm³/mol. The van der Waals surface area contributed by atoms with Gasteiger partial charge in [0.1, 0.15) is 0 Å². The molecule has 1 aliphatic rings. The highest BCUT2D eigenvalue weighted by molar-refractivity contribution is 6.35. The average molecular weight is 338 g/mol. The molecule has 0 radical (unpaired) electrons. The first-order valence-corrected chi connectivity index (χ1v) is 7.27. The SMILES string of the molecule is C[C@H]1C[C@@H](C(=O)NCc2ccc(Cl)cc2Cl)CCN1.Cl. The van der Waals surface area contributed by atoms with E-state index in [1.165, 1.54) is 0 Å². The number of benzene rings is 1. The lowest BCUT2D eigenvalue weighted by atomic mass is 9.92. The van der Waals surface area contributed by atoms with Gasteiger partial charge in [0.05, 0.1) is 0 Å². The van der Waals surface area contributed by atoms with Gasteiger partial charge < -0.3 is 10.6 Å². The lowest BCUT2D eigenvalue weighted by Gasteiger charge is -2.27. The van der Waals surface area contributed by atoms with E-state index in [0.29, 0.717) is 22.6 Å². The van der Waals surface area contributed by atoms with Crippen LogP contribution in [0.4, 0.5) is 0 Å². The van der Waals surface area contributed by atoms with E-state index in [1.807, 2.05) is 6.07 Å². The molecule has 2 N–H and O–H groups in total. The van der Waals surface area contributed by atoms with Crippen LogP contribution < -0.4 is 10.6 Å². The second kappa shape index (κ2) is 8.08. The van der Waals surface area contributed by atoms with Crippen molar-refractivity contribution in [1.82, 2.24) is 10.6 Å². The van der Waals surface area contributed by atoms with Gasteiger partial charge in [-0.2, -0.15) is 0 Å². The number of hydrogen-bond acceptors (Lipinski definition) is 2. The summed E-state index contributed by atoms with van der Waals surface area (Å²) < 4.78 is 0. The van der Waals surface area contributed by atoms with Crippen LogP contribution in [-0.4, -0.2) is 18.5 Å². The van der Waals surface area contributed by atoms with Gasteiger partial charge >= 0.3 is 0 Å². The Hall–Kier alpha value is -0.480. The quantitative estimate of drug-likeness (QED) is 0.887. The first kappa shape index (κ1) is 17.6. The Morgan fingerprint density at radius 3 is 2.85 bits per heavy atom. The van der Waals surface area contributed by atoms with E-state index in [9.17, 15) is 4.79 Å². The summed E-state index contributed by atoms with van der Waals surface area (Å²) in [5, 5.41) is 7.49. The zero-order chi connectivity index (χ0) is 13.8. The first-order valence-electron chi connectivity index (χ1n) is 6.51. The molecule has 0 aliphatic carbocycles. The highest BCUT2D eigenvalue weighted by Crippen LogP contribution is 2.21. The molecule has 0 saturated carbocycles. The van der Waals surface area contributed by atoms with Crippen LogP contribution in [0.15, 0.2) is 18.2 Å². The number of hydrogen-bond donors (Lipinski definition) is 2. The second-order valence-electron chi connectivity index (χ2n) is 5.03. The number of piperidine rings is 1. The molecule has 6 heteroatoms. The number of amides is 1. The molecule has 1 aromatic carbocycles. The zero-order valence-electron chi connectivity index (χ0n) is 11.3. The topological polar surface area (TPSA) is 41.1 Å². The van der Waals surface area contributed by atoms with Crippen molar-refractivity contribution in [3.05, 3.63) is 33.8 Å². The monoisotopic (exact) mass is 336 g/mol. The Labute approximate surface area is 135 Å². The summed E-state index contributed by atoms with van der Waals surface area (Å²) in [6, 6.07) is 5.72. The maximum absolute atomic E-state index is 12.1. The Bertz CT molecular complexity index is 468. The minimum absolute atomic E-state index is 0. The molecule has 1 amide bonds. The molecule has 1 heterocycles. The van der Waals surface area contributed by atoms with Crippen LogP contribution in [0.1, 0.15) is 25.3 Å². The minimum atomic E-state index is 0. The highest BCUT2D eigenvalue weighted by atomic mass is 35.5. The maximum atomic E-state index is 12.1. The first-order chi connectivity index (χ1) is 9.06. The molecule has 2 rings (SSSR count). The van der Waals surface area contributed by atoms with Gasteiger partial charge in [-0.15, -0.1) is 12.4 Å². The van der Waals surface area contributed by atoms with E-state index >= 15 is 0 Å². The minimum Gasteiger partial charge on any atom is -0.352 e. The van der Waals surface area contributed by atoms with Crippen molar-refractivity contribution in [1.29, 1.82) is 0 Å². The van der Waals surface area contributed by atoms with E-state index in [2.05, 4.69) is 17.6 Å². The van der Waals surface area contributed by atoms with Crippen molar-refractivity contribution in [2.45, 2.75) is 32.4 Å². The smallest absolute Gasteiger partial charge is 0.223 e. The number of carbonyl (C=O) groups is 1. The molecule has 3 nitrogen and oxygen atoms in total. The van der Waals surface area contributed by atoms with Crippen LogP contribution in [0.25, 0.3) is 0 Å². The van der Waals surface area contributed by atoms with Crippen LogP contribution in [-0.2, 0) is 11.3 Å². The summed E-state index contributed by atoms with van der Waals surface area (Å²) in [6.07, 6.45) is 1.78. The van der Waals surface area contributed by atoms with Crippen LogP contribution in [0.5, 0.6) is 0 Å². The maximum Gasteiger partial charge on any atom is 0.223 e. The molecule has 0 aromatic heterocycles. The van der Waals surface area contributed by atoms with Crippen molar-refractivity contribution >= 4 is 41.5 Å². The molecule has 1 saturated heterocycles. The number of rotatable bonds is 3. The molecular formula is C14H19Cl3N2O. The van der Waals surface area contributed by atoms with Crippen LogP contribution in [0, 0.1) is 5.92 Å². The normalized spacial score (nSPS) is 21.9. The summed E-state index contributed by atoms with van der Waals surface area (Å²) in [5.41, 5.74) is 0.890. The van der Waals surface area contributed by atoms with Gasteiger partial charge in [0.25, 0.3) is 0 Å². The molecule has 0 unspecified atom stereocenters. The van der Waals surface area contributed by atoms with Gasteiger partial charge in [-0.1, -0.05) is 29.3 Å². The summed E-state index contributed by atoms with van der Waals surface area (Å²) in [7, 11) is 0. The van der Waals surface area contributed by atoms with Gasteiger partial charge in [0.15, 0.2) is 0 Å². The van der Waals surface area contributed by atoms with Crippen LogP contribution >= 0.6 is 35.6 Å². The van der Waals surface area contributed by atoms with E-state index in [-0.39, 0.29) is 24.2 Å². The number of carbonyl (C=O) groups excluding carboxylic acids is 1. The standard InChI is InChI=1S/C14H18Cl2N2O.ClH/c1-9-6-10(4-5-17-9)14(19)18-8-11-2-3-12(15)7-13(11)16;/h2-3,7,9-10,17H,4-6,8H2,1H3,(H,18,19);1H/t9-,10-;/m0./s1. The summed E-state index contributed by atoms with van der Waals surface area (Å²) in [5.74, 6) is 0.210. The lowest BCUT2D eigenvalue weighted by Crippen LogP contribution is -2.42. The Morgan fingerprint density at radius 2 is 2.20 bits per heavy atom. The van der Waals surface area contributed by atoms with Crippen LogP contribution in [0.2, 0.25) is 10.0 Å². The molecule has 2 atom stereocenters. The Balaban J connectivity index is 0.00000200. The second-order valence-corrected chi connectivity index (χ2v) is 5.87. The third kappa shape index (κ3) is 4.81. The predicted octanol–water partition coefficient (Wildman–Crippen LogP) is 3.42. The molecular weight excluding hydrogens is 319 g/mol. The fourth-order valence-electron chi connectivity index (χ4n) is 2.36. The summed E-state index contributed by atoms with van der Waals surface area (Å²) in [6.45, 7) is 3.46. The van der Waals surface area contributed by atoms with Gasteiger partial charge in [-0.05, 0) is 44.0 Å². The highest BCUT2D eigenvalue weighted by Gasteiger charge is 2.24. The molecule has 1 fully saturated rings. The molecule has 112 valence electrons. The van der Waals surface area contributed by atoms with Gasteiger partial charge in [-0.25, -0.2) is 0 Å². The molecule has 20 heavy (non-hydrogen) atoms. The largest absolute Gasteiger partial charge is 0.352 e. The fraction of sp³-hybridized carbons (Fsp3) is 0.500. The average Bonchev–Trinajstić information content (AvgIpc) is 2.37. The Morgan fingerprint density at radius 1 is 1.45 bits per heavy atom. The van der Waals surface area contributed by atoms with Gasteiger partial charge in [0, 0.05) is 28.5 Å². The number of nitrogens with one attached hydrogen (secondary N) is 2. The van der Waals surface area contributed by atoms with Crippen molar-refractivity contribution < 1.29 is 4.79 Å². The number of halogens is 3.